The summed E-state index contributed by atoms with van der Waals surface area (Å²) in [5.41, 5.74) is 1.20. The molecule has 3 heterocycles. The smallest absolute Gasteiger partial charge is 0.213 e. The number of halogens is 1. The Balaban J connectivity index is 1.62. The van der Waals surface area contributed by atoms with Crippen LogP contribution in [0.5, 0.6) is 5.88 Å². The van der Waals surface area contributed by atoms with Crippen molar-refractivity contribution in [2.75, 3.05) is 18.0 Å². The summed E-state index contributed by atoms with van der Waals surface area (Å²) in [6.07, 6.45) is 6.60. The summed E-state index contributed by atoms with van der Waals surface area (Å²) in [6, 6.07) is 7.89. The highest BCUT2D eigenvalue weighted by atomic mass is 79.9. The lowest BCUT2D eigenvalue weighted by Gasteiger charge is -2.18. The molecule has 0 aliphatic carbocycles. The van der Waals surface area contributed by atoms with Crippen LogP contribution in [-0.2, 0) is 0 Å². The lowest BCUT2D eigenvalue weighted by molar-refractivity contribution is 0.216. The molecule has 1 saturated heterocycles. The molecule has 98 valence electrons. The Morgan fingerprint density at radius 3 is 2.79 bits per heavy atom. The van der Waals surface area contributed by atoms with Crippen molar-refractivity contribution in [3.05, 3.63) is 47.3 Å². The van der Waals surface area contributed by atoms with Crippen LogP contribution < -0.4 is 9.64 Å². The lowest BCUT2D eigenvalue weighted by Crippen LogP contribution is -2.24. The van der Waals surface area contributed by atoms with E-state index < -0.39 is 0 Å². The Hall–Kier alpha value is -1.62. The van der Waals surface area contributed by atoms with Gasteiger partial charge in [0, 0.05) is 47.8 Å². The third kappa shape index (κ3) is 3.04. The van der Waals surface area contributed by atoms with Gasteiger partial charge in [0.25, 0.3) is 0 Å². The van der Waals surface area contributed by atoms with Crippen LogP contribution in [0.1, 0.15) is 6.42 Å². The molecule has 1 aliphatic heterocycles. The first kappa shape index (κ1) is 12.4. The fraction of sp³-hybridized carbons (Fsp3) is 0.286. The van der Waals surface area contributed by atoms with Gasteiger partial charge in [-0.05, 0) is 34.1 Å². The first-order valence-electron chi connectivity index (χ1n) is 6.24. The number of hydrogen-bond acceptors (Lipinski definition) is 4. The summed E-state index contributed by atoms with van der Waals surface area (Å²) in [5.74, 6) is 0.685. The van der Waals surface area contributed by atoms with Crippen LogP contribution in [0, 0.1) is 0 Å². The Morgan fingerprint density at radius 2 is 2.05 bits per heavy atom. The third-order valence-corrected chi connectivity index (χ3v) is 3.63. The number of rotatable bonds is 3. The van der Waals surface area contributed by atoms with E-state index in [1.54, 1.807) is 6.20 Å². The second kappa shape index (κ2) is 5.57. The third-order valence-electron chi connectivity index (χ3n) is 3.16. The largest absolute Gasteiger partial charge is 0.472 e. The Labute approximate surface area is 120 Å². The van der Waals surface area contributed by atoms with Gasteiger partial charge >= 0.3 is 0 Å². The van der Waals surface area contributed by atoms with E-state index >= 15 is 0 Å². The molecule has 0 radical (unpaired) electrons. The van der Waals surface area contributed by atoms with Crippen molar-refractivity contribution in [3.8, 4) is 5.88 Å². The maximum Gasteiger partial charge on any atom is 0.213 e. The van der Waals surface area contributed by atoms with Gasteiger partial charge < -0.3 is 9.64 Å². The summed E-state index contributed by atoms with van der Waals surface area (Å²) < 4.78 is 6.86. The van der Waals surface area contributed by atoms with Crippen LogP contribution in [0.2, 0.25) is 0 Å². The quantitative estimate of drug-likeness (QED) is 0.872. The first-order chi connectivity index (χ1) is 9.31. The van der Waals surface area contributed by atoms with Crippen molar-refractivity contribution in [1.29, 1.82) is 0 Å². The minimum Gasteiger partial charge on any atom is -0.472 e. The van der Waals surface area contributed by atoms with Gasteiger partial charge in [0.15, 0.2) is 0 Å². The van der Waals surface area contributed by atoms with Gasteiger partial charge in [0.05, 0.1) is 6.54 Å². The van der Waals surface area contributed by atoms with Crippen molar-refractivity contribution in [1.82, 2.24) is 9.97 Å². The summed E-state index contributed by atoms with van der Waals surface area (Å²) in [5, 5.41) is 0. The molecular weight excluding hydrogens is 306 g/mol. The second-order valence-electron chi connectivity index (χ2n) is 4.49. The maximum atomic E-state index is 5.89. The van der Waals surface area contributed by atoms with Gasteiger partial charge in [-0.1, -0.05) is 0 Å². The molecule has 0 bridgehead atoms. The second-order valence-corrected chi connectivity index (χ2v) is 5.41. The molecular formula is C14H14BrN3O. The maximum absolute atomic E-state index is 5.89. The van der Waals surface area contributed by atoms with Gasteiger partial charge in [-0.25, -0.2) is 4.98 Å². The fourth-order valence-corrected chi connectivity index (χ4v) is 2.45. The van der Waals surface area contributed by atoms with Gasteiger partial charge in [-0.2, -0.15) is 0 Å². The van der Waals surface area contributed by atoms with E-state index in [2.05, 4.69) is 30.8 Å². The molecule has 0 unspecified atom stereocenters. The molecule has 4 nitrogen and oxygen atoms in total. The Morgan fingerprint density at radius 1 is 1.21 bits per heavy atom. The van der Waals surface area contributed by atoms with Crippen LogP contribution in [0.4, 0.5) is 5.69 Å². The monoisotopic (exact) mass is 319 g/mol. The average Bonchev–Trinajstić information content (AvgIpc) is 2.91. The van der Waals surface area contributed by atoms with Gasteiger partial charge in [-0.15, -0.1) is 0 Å². The molecule has 3 rings (SSSR count). The molecule has 2 aromatic rings. The molecule has 5 heteroatoms. The Kier molecular flexibility index (Phi) is 3.64. The van der Waals surface area contributed by atoms with E-state index in [9.17, 15) is 0 Å². The topological polar surface area (TPSA) is 38.2 Å². The minimum absolute atomic E-state index is 0.196. The number of nitrogens with zero attached hydrogens (tertiary/aromatic N) is 3. The molecule has 1 atom stereocenters. The van der Waals surface area contributed by atoms with Crippen LogP contribution in [0.15, 0.2) is 47.3 Å². The number of ether oxygens (including phenoxy) is 1. The summed E-state index contributed by atoms with van der Waals surface area (Å²) in [4.78, 5) is 10.6. The fourth-order valence-electron chi connectivity index (χ4n) is 2.22. The van der Waals surface area contributed by atoms with Gasteiger partial charge in [0.2, 0.25) is 5.88 Å². The number of aromatic nitrogens is 2. The van der Waals surface area contributed by atoms with E-state index in [0.717, 1.165) is 24.0 Å². The van der Waals surface area contributed by atoms with Crippen molar-refractivity contribution in [2.45, 2.75) is 12.5 Å². The van der Waals surface area contributed by atoms with Gasteiger partial charge in [0.1, 0.15) is 6.10 Å². The SMILES string of the molecule is Brc1ccc(O[C@H]2CCN(c3ccncc3)C2)nc1. The molecule has 0 N–H and O–H groups in total. The molecule has 1 aliphatic rings. The standard InChI is InChI=1S/C14H14BrN3O/c15-11-1-2-14(17-9-11)19-13-5-8-18(10-13)12-3-6-16-7-4-12/h1-4,6-7,9,13H,5,8,10H2/t13-/m0/s1. The number of hydrogen-bond donors (Lipinski definition) is 0. The highest BCUT2D eigenvalue weighted by molar-refractivity contribution is 9.10. The molecule has 1 fully saturated rings. The minimum atomic E-state index is 0.196. The lowest BCUT2D eigenvalue weighted by atomic mass is 10.3. The molecule has 0 spiro atoms. The van der Waals surface area contributed by atoms with Crippen LogP contribution in [0.3, 0.4) is 0 Å². The van der Waals surface area contributed by atoms with Crippen molar-refractivity contribution in [2.24, 2.45) is 0 Å². The zero-order valence-corrected chi connectivity index (χ0v) is 12.0. The predicted octanol–water partition coefficient (Wildman–Crippen LogP) is 2.90. The number of anilines is 1. The Bertz CT molecular complexity index is 532. The summed E-state index contributed by atoms with van der Waals surface area (Å²) in [6.45, 7) is 1.90. The van der Waals surface area contributed by atoms with E-state index in [4.69, 9.17) is 4.74 Å². The zero-order valence-electron chi connectivity index (χ0n) is 10.4. The zero-order chi connectivity index (χ0) is 13.1. The number of pyridine rings is 2. The van der Waals surface area contributed by atoms with Crippen LogP contribution in [-0.4, -0.2) is 29.2 Å². The molecule has 0 saturated carbocycles. The molecule has 0 aromatic carbocycles. The average molecular weight is 320 g/mol. The highest BCUT2D eigenvalue weighted by Crippen LogP contribution is 2.22. The first-order valence-corrected chi connectivity index (χ1v) is 7.04. The molecule has 19 heavy (non-hydrogen) atoms. The normalized spacial score (nSPS) is 18.6. The summed E-state index contributed by atoms with van der Waals surface area (Å²) >= 11 is 3.37. The predicted molar refractivity (Wildman–Crippen MR) is 77.4 cm³/mol. The van der Waals surface area contributed by atoms with E-state index in [0.29, 0.717) is 5.88 Å². The van der Waals surface area contributed by atoms with E-state index in [1.807, 2.05) is 36.7 Å². The van der Waals surface area contributed by atoms with E-state index in [-0.39, 0.29) is 6.10 Å². The van der Waals surface area contributed by atoms with Crippen molar-refractivity contribution in [3.63, 3.8) is 0 Å². The van der Waals surface area contributed by atoms with E-state index in [1.165, 1.54) is 5.69 Å². The van der Waals surface area contributed by atoms with Crippen molar-refractivity contribution < 1.29 is 4.74 Å². The van der Waals surface area contributed by atoms with Crippen molar-refractivity contribution >= 4 is 21.6 Å². The summed E-state index contributed by atoms with van der Waals surface area (Å²) in [7, 11) is 0. The van der Waals surface area contributed by atoms with Crippen LogP contribution >= 0.6 is 15.9 Å². The molecule has 2 aromatic heterocycles. The van der Waals surface area contributed by atoms with Gasteiger partial charge in [-0.3, -0.25) is 4.98 Å². The molecule has 0 amide bonds. The highest BCUT2D eigenvalue weighted by Gasteiger charge is 2.24. The van der Waals surface area contributed by atoms with Crippen LogP contribution in [0.25, 0.3) is 0 Å².